The molecule has 106 valence electrons. The monoisotopic (exact) mass is 294 g/mol. The molecule has 1 aliphatic heterocycles. The van der Waals surface area contributed by atoms with Crippen LogP contribution >= 0.6 is 11.6 Å². The molecule has 1 aliphatic rings. The third-order valence-electron chi connectivity index (χ3n) is 3.62. The predicted molar refractivity (Wildman–Crippen MR) is 74.0 cm³/mol. The van der Waals surface area contributed by atoms with Crippen LogP contribution in [-0.4, -0.2) is 49.0 Å². The fourth-order valence-electron chi connectivity index (χ4n) is 2.48. The first kappa shape index (κ1) is 13.3. The number of hydrogen-bond donors (Lipinski definition) is 1. The van der Waals surface area contributed by atoms with Gasteiger partial charge in [0.1, 0.15) is 0 Å². The zero-order valence-corrected chi connectivity index (χ0v) is 11.8. The van der Waals surface area contributed by atoms with E-state index in [0.717, 1.165) is 13.0 Å². The fourth-order valence-corrected chi connectivity index (χ4v) is 2.63. The number of aliphatic hydroxyl groups excluding tert-OH is 1. The normalized spacial score (nSPS) is 22.4. The van der Waals surface area contributed by atoms with Crippen LogP contribution in [0.3, 0.4) is 0 Å². The highest BCUT2D eigenvalue weighted by atomic mass is 35.5. The van der Waals surface area contributed by atoms with Crippen molar-refractivity contribution >= 4 is 17.5 Å². The molecular weight excluding hydrogens is 280 g/mol. The lowest BCUT2D eigenvalue weighted by atomic mass is 10.0. The van der Waals surface area contributed by atoms with Gasteiger partial charge in [0.25, 0.3) is 5.95 Å². The maximum atomic E-state index is 9.53. The molecule has 1 saturated heterocycles. The first-order chi connectivity index (χ1) is 9.69. The molecule has 2 unspecified atom stereocenters. The molecular formula is C12H15ClN6O. The van der Waals surface area contributed by atoms with Crippen LogP contribution in [0.5, 0.6) is 0 Å². The molecule has 0 bridgehead atoms. The lowest BCUT2D eigenvalue weighted by Gasteiger charge is -2.25. The van der Waals surface area contributed by atoms with Gasteiger partial charge in [-0.15, -0.1) is 0 Å². The summed E-state index contributed by atoms with van der Waals surface area (Å²) in [5.41, 5.74) is 0. The first-order valence-electron chi connectivity index (χ1n) is 6.48. The zero-order chi connectivity index (χ0) is 14.1. The molecule has 2 aromatic rings. The summed E-state index contributed by atoms with van der Waals surface area (Å²) in [5, 5.41) is 13.7. The van der Waals surface area contributed by atoms with Crippen LogP contribution in [0, 0.1) is 5.92 Å². The van der Waals surface area contributed by atoms with Gasteiger partial charge in [0.05, 0.1) is 12.6 Å². The Bertz CT molecular complexity index is 590. The molecule has 1 fully saturated rings. The van der Waals surface area contributed by atoms with E-state index in [2.05, 4.69) is 27.0 Å². The van der Waals surface area contributed by atoms with Crippen molar-refractivity contribution in [2.45, 2.75) is 19.4 Å². The molecule has 2 atom stereocenters. The second-order valence-corrected chi connectivity index (χ2v) is 5.20. The van der Waals surface area contributed by atoms with Gasteiger partial charge < -0.3 is 10.0 Å². The molecule has 0 spiro atoms. The quantitative estimate of drug-likeness (QED) is 0.907. The maximum absolute atomic E-state index is 9.53. The second kappa shape index (κ2) is 5.34. The molecule has 8 heteroatoms. The smallest absolute Gasteiger partial charge is 0.256 e. The van der Waals surface area contributed by atoms with Crippen molar-refractivity contribution in [2.24, 2.45) is 5.92 Å². The summed E-state index contributed by atoms with van der Waals surface area (Å²) in [6, 6.07) is 1.80. The Kier molecular flexibility index (Phi) is 3.54. The van der Waals surface area contributed by atoms with Gasteiger partial charge in [0, 0.05) is 18.9 Å². The Labute approximate surface area is 121 Å². The van der Waals surface area contributed by atoms with Gasteiger partial charge in [-0.2, -0.15) is 20.1 Å². The molecule has 2 aromatic heterocycles. The Morgan fingerprint density at radius 1 is 1.35 bits per heavy atom. The molecule has 0 aliphatic carbocycles. The van der Waals surface area contributed by atoms with E-state index in [1.165, 1.54) is 4.68 Å². The maximum Gasteiger partial charge on any atom is 0.256 e. The first-order valence-corrected chi connectivity index (χ1v) is 6.86. The van der Waals surface area contributed by atoms with E-state index in [-0.39, 0.29) is 17.9 Å². The van der Waals surface area contributed by atoms with E-state index >= 15 is 0 Å². The van der Waals surface area contributed by atoms with Gasteiger partial charge in [-0.1, -0.05) is 6.92 Å². The largest absolute Gasteiger partial charge is 0.394 e. The Hall–Kier alpha value is -1.73. The standard InChI is InChI=1S/C12H15ClN6O/c1-8-3-6-18(9(8)7-20)11-15-10(13)16-12(17-11)19-5-2-4-14-19/h2,4-5,8-9,20H,3,6-7H2,1H3. The Balaban J connectivity index is 1.98. The van der Waals surface area contributed by atoms with Gasteiger partial charge >= 0.3 is 0 Å². The third-order valence-corrected chi connectivity index (χ3v) is 3.79. The summed E-state index contributed by atoms with van der Waals surface area (Å²) in [6.07, 6.45) is 4.38. The van der Waals surface area contributed by atoms with Crippen LogP contribution in [0.15, 0.2) is 18.5 Å². The number of anilines is 1. The molecule has 3 rings (SSSR count). The van der Waals surface area contributed by atoms with Gasteiger partial charge in [-0.05, 0) is 30.0 Å². The molecule has 0 radical (unpaired) electrons. The summed E-state index contributed by atoms with van der Waals surface area (Å²) in [4.78, 5) is 14.6. The van der Waals surface area contributed by atoms with Crippen LogP contribution in [0.25, 0.3) is 5.95 Å². The van der Waals surface area contributed by atoms with E-state index < -0.39 is 0 Å². The van der Waals surface area contributed by atoms with Crippen molar-refractivity contribution in [3.05, 3.63) is 23.7 Å². The van der Waals surface area contributed by atoms with E-state index in [0.29, 0.717) is 17.8 Å². The van der Waals surface area contributed by atoms with Crippen molar-refractivity contribution in [3.8, 4) is 5.95 Å². The average molecular weight is 295 g/mol. The number of nitrogens with zero attached hydrogens (tertiary/aromatic N) is 6. The van der Waals surface area contributed by atoms with Gasteiger partial charge in [-0.3, -0.25) is 0 Å². The topological polar surface area (TPSA) is 80.0 Å². The number of hydrogen-bond acceptors (Lipinski definition) is 6. The van der Waals surface area contributed by atoms with Crippen molar-refractivity contribution < 1.29 is 5.11 Å². The predicted octanol–water partition coefficient (Wildman–Crippen LogP) is 0.918. The molecule has 0 amide bonds. The molecule has 0 saturated carbocycles. The molecule has 20 heavy (non-hydrogen) atoms. The highest BCUT2D eigenvalue weighted by Gasteiger charge is 2.32. The minimum atomic E-state index is 0.0129. The van der Waals surface area contributed by atoms with E-state index in [1.807, 2.05) is 4.90 Å². The number of aliphatic hydroxyl groups is 1. The summed E-state index contributed by atoms with van der Waals surface area (Å²) in [7, 11) is 0. The zero-order valence-electron chi connectivity index (χ0n) is 11.0. The summed E-state index contributed by atoms with van der Waals surface area (Å²) < 4.78 is 1.53. The second-order valence-electron chi connectivity index (χ2n) is 4.86. The van der Waals surface area contributed by atoms with Crippen molar-refractivity contribution in [2.75, 3.05) is 18.1 Å². The average Bonchev–Trinajstić information content (AvgIpc) is 3.06. The SMILES string of the molecule is CC1CCN(c2nc(Cl)nc(-n3cccn3)n2)C1CO. The number of aromatic nitrogens is 5. The molecule has 3 heterocycles. The van der Waals surface area contributed by atoms with Crippen LogP contribution in [-0.2, 0) is 0 Å². The minimum absolute atomic E-state index is 0.0129. The van der Waals surface area contributed by atoms with Crippen molar-refractivity contribution in [3.63, 3.8) is 0 Å². The number of halogens is 1. The van der Waals surface area contributed by atoms with E-state index in [1.54, 1.807) is 18.5 Å². The Morgan fingerprint density at radius 3 is 2.85 bits per heavy atom. The summed E-state index contributed by atoms with van der Waals surface area (Å²) in [6.45, 7) is 2.98. The fraction of sp³-hybridized carbons (Fsp3) is 0.500. The van der Waals surface area contributed by atoms with Crippen molar-refractivity contribution in [1.29, 1.82) is 0 Å². The van der Waals surface area contributed by atoms with Crippen molar-refractivity contribution in [1.82, 2.24) is 24.7 Å². The number of rotatable bonds is 3. The van der Waals surface area contributed by atoms with Crippen LogP contribution in [0.4, 0.5) is 5.95 Å². The molecule has 0 aromatic carbocycles. The lowest BCUT2D eigenvalue weighted by Crippen LogP contribution is -2.36. The Morgan fingerprint density at radius 2 is 2.15 bits per heavy atom. The van der Waals surface area contributed by atoms with Gasteiger partial charge in [0.15, 0.2) is 0 Å². The molecule has 1 N–H and O–H groups in total. The highest BCUT2D eigenvalue weighted by Crippen LogP contribution is 2.27. The third kappa shape index (κ3) is 2.34. The van der Waals surface area contributed by atoms with Crippen LogP contribution in [0.2, 0.25) is 5.28 Å². The van der Waals surface area contributed by atoms with Crippen LogP contribution in [0.1, 0.15) is 13.3 Å². The van der Waals surface area contributed by atoms with Gasteiger partial charge in [-0.25, -0.2) is 4.68 Å². The van der Waals surface area contributed by atoms with E-state index in [4.69, 9.17) is 11.6 Å². The summed E-state index contributed by atoms with van der Waals surface area (Å²) in [5.74, 6) is 1.25. The highest BCUT2D eigenvalue weighted by molar-refractivity contribution is 6.28. The minimum Gasteiger partial charge on any atom is -0.394 e. The van der Waals surface area contributed by atoms with Crippen LogP contribution < -0.4 is 4.90 Å². The van der Waals surface area contributed by atoms with Gasteiger partial charge in [0.2, 0.25) is 11.2 Å². The molecule has 7 nitrogen and oxygen atoms in total. The lowest BCUT2D eigenvalue weighted by molar-refractivity contribution is 0.244. The summed E-state index contributed by atoms with van der Waals surface area (Å²) >= 11 is 5.98. The van der Waals surface area contributed by atoms with E-state index in [9.17, 15) is 5.11 Å².